The van der Waals surface area contributed by atoms with E-state index in [1.165, 1.54) is 24.4 Å². The van der Waals surface area contributed by atoms with Gasteiger partial charge in [0, 0.05) is 11.8 Å². The van der Waals surface area contributed by atoms with Crippen LogP contribution in [0.15, 0.2) is 36.5 Å². The fourth-order valence-corrected chi connectivity index (χ4v) is 1.35. The summed E-state index contributed by atoms with van der Waals surface area (Å²) in [5.41, 5.74) is 1.06. The molecule has 0 aliphatic heterocycles. The van der Waals surface area contributed by atoms with Crippen LogP contribution in [0.1, 0.15) is 0 Å². The van der Waals surface area contributed by atoms with E-state index in [2.05, 4.69) is 4.98 Å². The van der Waals surface area contributed by atoms with Gasteiger partial charge in [-0.05, 0) is 23.8 Å². The smallest absolute Gasteiger partial charge is 0.164 e. The molecule has 0 spiro atoms. The highest BCUT2D eigenvalue weighted by Crippen LogP contribution is 2.22. The Bertz CT molecular complexity index is 500. The maximum atomic E-state index is 13.1. The van der Waals surface area contributed by atoms with Crippen LogP contribution in [0.4, 0.5) is 8.78 Å². The lowest BCUT2D eigenvalue weighted by molar-refractivity contribution is 0.621. The number of pyridine rings is 1. The summed E-state index contributed by atoms with van der Waals surface area (Å²) in [7, 11) is 0. The molecular formula is C11H6ClF2N. The van der Waals surface area contributed by atoms with E-state index in [0.717, 1.165) is 0 Å². The Hall–Kier alpha value is -1.48. The molecule has 15 heavy (non-hydrogen) atoms. The molecule has 0 bridgehead atoms. The lowest BCUT2D eigenvalue weighted by Gasteiger charge is -2.01. The number of hydrogen-bond donors (Lipinski definition) is 0. The summed E-state index contributed by atoms with van der Waals surface area (Å²) < 4.78 is 26.0. The molecule has 1 aromatic carbocycles. The molecule has 0 amide bonds. The zero-order chi connectivity index (χ0) is 10.8. The average Bonchev–Trinajstić information content (AvgIpc) is 2.22. The van der Waals surface area contributed by atoms with Crippen LogP contribution in [-0.2, 0) is 0 Å². The van der Waals surface area contributed by atoms with Gasteiger partial charge >= 0.3 is 0 Å². The van der Waals surface area contributed by atoms with Crippen molar-refractivity contribution >= 4 is 11.6 Å². The summed E-state index contributed by atoms with van der Waals surface area (Å²) >= 11 is 5.44. The summed E-state index contributed by atoms with van der Waals surface area (Å²) in [5.74, 6) is -0.985. The largest absolute Gasteiger partial charge is 0.241 e. The average molecular weight is 226 g/mol. The van der Waals surface area contributed by atoms with Crippen molar-refractivity contribution in [3.05, 3.63) is 53.3 Å². The molecule has 0 saturated carbocycles. The second kappa shape index (κ2) is 3.95. The first-order chi connectivity index (χ1) is 7.16. The van der Waals surface area contributed by atoms with Gasteiger partial charge in [-0.3, -0.25) is 0 Å². The fraction of sp³-hybridized carbons (Fsp3) is 0. The molecule has 76 valence electrons. The van der Waals surface area contributed by atoms with Crippen LogP contribution in [0.5, 0.6) is 0 Å². The third kappa shape index (κ3) is 2.13. The van der Waals surface area contributed by atoms with Crippen molar-refractivity contribution in [2.75, 3.05) is 0 Å². The molecule has 2 aromatic rings. The van der Waals surface area contributed by atoms with Crippen molar-refractivity contribution in [1.82, 2.24) is 4.98 Å². The van der Waals surface area contributed by atoms with Gasteiger partial charge in [0.1, 0.15) is 5.82 Å². The maximum Gasteiger partial charge on any atom is 0.164 e. The van der Waals surface area contributed by atoms with Crippen LogP contribution >= 0.6 is 11.6 Å². The highest BCUT2D eigenvalue weighted by Gasteiger charge is 2.04. The molecule has 0 radical (unpaired) electrons. The topological polar surface area (TPSA) is 12.9 Å². The molecule has 0 aliphatic carbocycles. The number of benzene rings is 1. The van der Waals surface area contributed by atoms with E-state index >= 15 is 0 Å². The predicted octanol–water partition coefficient (Wildman–Crippen LogP) is 3.68. The summed E-state index contributed by atoms with van der Waals surface area (Å²) in [5, 5.41) is -0.185. The minimum Gasteiger partial charge on any atom is -0.241 e. The molecule has 0 aliphatic rings. The SMILES string of the molecule is Fc1cccc(-c2cnc(Cl)c(F)c2)c1. The Morgan fingerprint density at radius 1 is 1.07 bits per heavy atom. The Morgan fingerprint density at radius 3 is 2.53 bits per heavy atom. The molecular weight excluding hydrogens is 220 g/mol. The van der Waals surface area contributed by atoms with Crippen molar-refractivity contribution in [1.29, 1.82) is 0 Å². The van der Waals surface area contributed by atoms with Crippen LogP contribution in [0.3, 0.4) is 0 Å². The molecule has 1 nitrogen and oxygen atoms in total. The quantitative estimate of drug-likeness (QED) is 0.675. The Balaban J connectivity index is 2.50. The van der Waals surface area contributed by atoms with Crippen molar-refractivity contribution in [3.63, 3.8) is 0 Å². The fourth-order valence-electron chi connectivity index (χ4n) is 1.25. The van der Waals surface area contributed by atoms with Crippen LogP contribution in [0, 0.1) is 11.6 Å². The molecule has 1 aromatic heterocycles. The Kier molecular flexibility index (Phi) is 2.64. The maximum absolute atomic E-state index is 13.1. The van der Waals surface area contributed by atoms with Crippen molar-refractivity contribution in [2.24, 2.45) is 0 Å². The van der Waals surface area contributed by atoms with E-state index in [9.17, 15) is 8.78 Å². The van der Waals surface area contributed by atoms with E-state index in [1.54, 1.807) is 12.1 Å². The van der Waals surface area contributed by atoms with E-state index in [1.807, 2.05) is 0 Å². The standard InChI is InChI=1S/C11H6ClF2N/c12-11-10(14)5-8(6-15-11)7-2-1-3-9(13)4-7/h1-6H. The molecule has 0 N–H and O–H groups in total. The monoisotopic (exact) mass is 225 g/mol. The highest BCUT2D eigenvalue weighted by atomic mass is 35.5. The van der Waals surface area contributed by atoms with Gasteiger partial charge in [0.15, 0.2) is 11.0 Å². The second-order valence-electron chi connectivity index (χ2n) is 3.01. The second-order valence-corrected chi connectivity index (χ2v) is 3.36. The normalized spacial score (nSPS) is 10.3. The molecule has 4 heteroatoms. The van der Waals surface area contributed by atoms with Gasteiger partial charge in [0.2, 0.25) is 0 Å². The first-order valence-electron chi connectivity index (χ1n) is 4.24. The van der Waals surface area contributed by atoms with Crippen LogP contribution < -0.4 is 0 Å². The van der Waals surface area contributed by atoms with Gasteiger partial charge in [0.05, 0.1) is 0 Å². The highest BCUT2D eigenvalue weighted by molar-refractivity contribution is 6.29. The van der Waals surface area contributed by atoms with Crippen LogP contribution in [0.25, 0.3) is 11.1 Å². The summed E-state index contributed by atoms with van der Waals surface area (Å²) in [6.07, 6.45) is 1.40. The zero-order valence-corrected chi connectivity index (χ0v) is 8.30. The summed E-state index contributed by atoms with van der Waals surface area (Å²) in [4.78, 5) is 3.65. The van der Waals surface area contributed by atoms with E-state index in [-0.39, 0.29) is 11.0 Å². The minimum atomic E-state index is -0.613. The minimum absolute atomic E-state index is 0.185. The van der Waals surface area contributed by atoms with Crippen molar-refractivity contribution in [2.45, 2.75) is 0 Å². The van der Waals surface area contributed by atoms with Gasteiger partial charge in [-0.1, -0.05) is 23.7 Å². The number of hydrogen-bond acceptors (Lipinski definition) is 1. The molecule has 2 rings (SSSR count). The van der Waals surface area contributed by atoms with Crippen LogP contribution in [-0.4, -0.2) is 4.98 Å². The van der Waals surface area contributed by atoms with Crippen molar-refractivity contribution < 1.29 is 8.78 Å². The van der Waals surface area contributed by atoms with Crippen molar-refractivity contribution in [3.8, 4) is 11.1 Å². The number of nitrogens with zero attached hydrogens (tertiary/aromatic N) is 1. The predicted molar refractivity (Wildman–Crippen MR) is 54.6 cm³/mol. The Morgan fingerprint density at radius 2 is 1.87 bits per heavy atom. The molecule has 0 saturated heterocycles. The summed E-state index contributed by atoms with van der Waals surface area (Å²) in [6.45, 7) is 0. The molecule has 0 unspecified atom stereocenters. The van der Waals surface area contributed by atoms with Crippen LogP contribution in [0.2, 0.25) is 5.15 Å². The third-order valence-corrected chi connectivity index (χ3v) is 2.23. The van der Waals surface area contributed by atoms with Gasteiger partial charge in [-0.25, -0.2) is 13.8 Å². The zero-order valence-electron chi connectivity index (χ0n) is 7.55. The first kappa shape index (κ1) is 10.1. The first-order valence-corrected chi connectivity index (χ1v) is 4.61. The van der Waals surface area contributed by atoms with Gasteiger partial charge in [0.25, 0.3) is 0 Å². The molecule has 0 atom stereocenters. The van der Waals surface area contributed by atoms with E-state index < -0.39 is 5.82 Å². The number of halogens is 3. The van der Waals surface area contributed by atoms with Gasteiger partial charge in [-0.15, -0.1) is 0 Å². The van der Waals surface area contributed by atoms with E-state index in [0.29, 0.717) is 11.1 Å². The lowest BCUT2D eigenvalue weighted by atomic mass is 10.1. The molecule has 0 fully saturated rings. The van der Waals surface area contributed by atoms with Gasteiger partial charge in [-0.2, -0.15) is 0 Å². The molecule has 1 heterocycles. The summed E-state index contributed by atoms with van der Waals surface area (Å²) in [6, 6.07) is 7.09. The van der Waals surface area contributed by atoms with E-state index in [4.69, 9.17) is 11.6 Å². The lowest BCUT2D eigenvalue weighted by Crippen LogP contribution is -1.86. The third-order valence-electron chi connectivity index (χ3n) is 1.95. The number of rotatable bonds is 1. The number of aromatic nitrogens is 1. The Labute approximate surface area is 90.3 Å². The van der Waals surface area contributed by atoms with Gasteiger partial charge < -0.3 is 0 Å².